The van der Waals surface area contributed by atoms with Gasteiger partial charge in [-0.3, -0.25) is 0 Å². The molecule has 1 aromatic heterocycles. The molecule has 0 aliphatic carbocycles. The van der Waals surface area contributed by atoms with Crippen LogP contribution in [0.3, 0.4) is 0 Å². The normalized spacial score (nSPS) is 18.5. The molecule has 1 saturated heterocycles. The molecule has 0 spiro atoms. The molecule has 19 heavy (non-hydrogen) atoms. The molecule has 2 heterocycles. The lowest BCUT2D eigenvalue weighted by atomic mass is 9.65. The number of hydrogen-bond donors (Lipinski definition) is 1. The minimum absolute atomic E-state index is 0.00277. The topological polar surface area (TPSA) is 47.3 Å². The molecule has 1 fully saturated rings. The molecule has 102 valence electrons. The standard InChI is InChI=1S/C15H20N2O2/c1-10-17-12-7-11(5-6-13(12)19-10)15(8-18-9-15)14(2,3)16-4/h5-7,16H,8-9H2,1-4H3. The van der Waals surface area contributed by atoms with Gasteiger partial charge >= 0.3 is 0 Å². The summed E-state index contributed by atoms with van der Waals surface area (Å²) >= 11 is 0. The fourth-order valence-electron chi connectivity index (χ4n) is 2.77. The van der Waals surface area contributed by atoms with Gasteiger partial charge in [-0.2, -0.15) is 0 Å². The van der Waals surface area contributed by atoms with Gasteiger partial charge in [0.05, 0.1) is 18.6 Å². The number of nitrogens with one attached hydrogen (secondary N) is 1. The van der Waals surface area contributed by atoms with Gasteiger partial charge in [0.1, 0.15) is 5.52 Å². The number of ether oxygens (including phenoxy) is 1. The van der Waals surface area contributed by atoms with Crippen LogP contribution < -0.4 is 5.32 Å². The van der Waals surface area contributed by atoms with E-state index in [2.05, 4.69) is 36.3 Å². The van der Waals surface area contributed by atoms with Crippen LogP contribution in [0.1, 0.15) is 25.3 Å². The summed E-state index contributed by atoms with van der Waals surface area (Å²) < 4.78 is 11.1. The summed E-state index contributed by atoms with van der Waals surface area (Å²) in [5.41, 5.74) is 3.01. The highest BCUT2D eigenvalue weighted by atomic mass is 16.5. The van der Waals surface area contributed by atoms with Gasteiger partial charge < -0.3 is 14.5 Å². The quantitative estimate of drug-likeness (QED) is 0.920. The summed E-state index contributed by atoms with van der Waals surface area (Å²) in [5.74, 6) is 0.707. The highest BCUT2D eigenvalue weighted by molar-refractivity contribution is 5.74. The molecular weight excluding hydrogens is 240 g/mol. The third kappa shape index (κ3) is 1.70. The lowest BCUT2D eigenvalue weighted by molar-refractivity contribution is -0.0990. The Morgan fingerprint density at radius 3 is 2.63 bits per heavy atom. The SMILES string of the molecule is CNC(C)(C)C1(c2ccc3oc(C)nc3c2)COC1. The van der Waals surface area contributed by atoms with Crippen LogP contribution >= 0.6 is 0 Å². The highest BCUT2D eigenvalue weighted by Gasteiger charge is 2.51. The Labute approximate surface area is 113 Å². The number of oxazole rings is 1. The molecule has 0 saturated carbocycles. The van der Waals surface area contributed by atoms with E-state index in [0.717, 1.165) is 24.3 Å². The summed E-state index contributed by atoms with van der Waals surface area (Å²) in [5, 5.41) is 3.41. The summed E-state index contributed by atoms with van der Waals surface area (Å²) in [4.78, 5) is 4.43. The average Bonchev–Trinajstić information content (AvgIpc) is 2.66. The van der Waals surface area contributed by atoms with Gasteiger partial charge in [-0.25, -0.2) is 4.98 Å². The van der Waals surface area contributed by atoms with Crippen molar-refractivity contribution in [1.29, 1.82) is 0 Å². The van der Waals surface area contributed by atoms with Crippen molar-refractivity contribution in [2.45, 2.75) is 31.7 Å². The molecule has 0 unspecified atom stereocenters. The fourth-order valence-corrected chi connectivity index (χ4v) is 2.77. The van der Waals surface area contributed by atoms with Crippen LogP contribution in [-0.2, 0) is 10.2 Å². The van der Waals surface area contributed by atoms with Gasteiger partial charge in [-0.1, -0.05) is 6.07 Å². The van der Waals surface area contributed by atoms with E-state index < -0.39 is 0 Å². The number of aromatic nitrogens is 1. The minimum atomic E-state index is -0.0301. The number of nitrogens with zero attached hydrogens (tertiary/aromatic N) is 1. The largest absolute Gasteiger partial charge is 0.441 e. The molecule has 1 aliphatic heterocycles. The first kappa shape index (κ1) is 12.6. The Kier molecular flexibility index (Phi) is 2.69. The fraction of sp³-hybridized carbons (Fsp3) is 0.533. The highest BCUT2D eigenvalue weighted by Crippen LogP contribution is 2.42. The van der Waals surface area contributed by atoms with Crippen LogP contribution in [0.5, 0.6) is 0 Å². The first-order valence-electron chi connectivity index (χ1n) is 6.63. The maximum Gasteiger partial charge on any atom is 0.192 e. The van der Waals surface area contributed by atoms with Crippen molar-refractivity contribution < 1.29 is 9.15 Å². The van der Waals surface area contributed by atoms with Crippen molar-refractivity contribution in [2.75, 3.05) is 20.3 Å². The summed E-state index contributed by atoms with van der Waals surface area (Å²) in [6, 6.07) is 6.28. The van der Waals surface area contributed by atoms with Gasteiger partial charge in [-0.15, -0.1) is 0 Å². The molecule has 1 aromatic carbocycles. The molecule has 4 heteroatoms. The van der Waals surface area contributed by atoms with Gasteiger partial charge in [-0.05, 0) is 38.6 Å². The predicted octanol–water partition coefficient (Wildman–Crippen LogP) is 2.40. The van der Waals surface area contributed by atoms with E-state index in [9.17, 15) is 0 Å². The maximum atomic E-state index is 5.54. The monoisotopic (exact) mass is 260 g/mol. The predicted molar refractivity (Wildman–Crippen MR) is 74.4 cm³/mol. The third-order valence-electron chi connectivity index (χ3n) is 4.57. The first-order valence-corrected chi connectivity index (χ1v) is 6.63. The minimum Gasteiger partial charge on any atom is -0.441 e. The number of aryl methyl sites for hydroxylation is 1. The zero-order chi connectivity index (χ0) is 13.7. The molecule has 1 N–H and O–H groups in total. The van der Waals surface area contributed by atoms with Crippen molar-refractivity contribution >= 4 is 11.1 Å². The van der Waals surface area contributed by atoms with Crippen molar-refractivity contribution in [3.63, 3.8) is 0 Å². The van der Waals surface area contributed by atoms with Crippen molar-refractivity contribution in [3.8, 4) is 0 Å². The molecule has 0 bridgehead atoms. The van der Waals surface area contributed by atoms with Crippen LogP contribution in [0, 0.1) is 6.92 Å². The Bertz CT molecular complexity index is 612. The van der Waals surface area contributed by atoms with E-state index >= 15 is 0 Å². The second-order valence-electron chi connectivity index (χ2n) is 5.87. The molecule has 2 aromatic rings. The zero-order valence-electron chi connectivity index (χ0n) is 11.9. The van der Waals surface area contributed by atoms with Gasteiger partial charge in [0.2, 0.25) is 0 Å². The Morgan fingerprint density at radius 2 is 2.05 bits per heavy atom. The van der Waals surface area contributed by atoms with Crippen LogP contribution in [0.25, 0.3) is 11.1 Å². The number of benzene rings is 1. The van der Waals surface area contributed by atoms with Gasteiger partial charge in [0.25, 0.3) is 0 Å². The van der Waals surface area contributed by atoms with E-state index in [1.165, 1.54) is 5.56 Å². The van der Waals surface area contributed by atoms with Crippen LogP contribution in [0.4, 0.5) is 0 Å². The Balaban J connectivity index is 2.11. The van der Waals surface area contributed by atoms with Crippen LogP contribution in [0.15, 0.2) is 22.6 Å². The van der Waals surface area contributed by atoms with Crippen molar-refractivity contribution in [3.05, 3.63) is 29.7 Å². The second kappa shape index (κ2) is 4.05. The molecule has 1 aliphatic rings. The Morgan fingerprint density at radius 1 is 1.32 bits per heavy atom. The van der Waals surface area contributed by atoms with E-state index in [4.69, 9.17) is 9.15 Å². The van der Waals surface area contributed by atoms with E-state index in [1.807, 2.05) is 20.0 Å². The number of fused-ring (bicyclic) bond motifs is 1. The van der Waals surface area contributed by atoms with Gasteiger partial charge in [0, 0.05) is 12.5 Å². The molecule has 4 nitrogen and oxygen atoms in total. The number of likely N-dealkylation sites (N-methyl/N-ethyl adjacent to an activating group) is 1. The van der Waals surface area contributed by atoms with Crippen molar-refractivity contribution in [1.82, 2.24) is 10.3 Å². The van der Waals surface area contributed by atoms with E-state index in [0.29, 0.717) is 5.89 Å². The Hall–Kier alpha value is -1.39. The summed E-state index contributed by atoms with van der Waals surface area (Å²) in [7, 11) is 2.00. The van der Waals surface area contributed by atoms with E-state index in [-0.39, 0.29) is 11.0 Å². The average molecular weight is 260 g/mol. The van der Waals surface area contributed by atoms with Crippen LogP contribution in [0.2, 0.25) is 0 Å². The molecule has 0 radical (unpaired) electrons. The van der Waals surface area contributed by atoms with Crippen molar-refractivity contribution in [2.24, 2.45) is 0 Å². The van der Waals surface area contributed by atoms with E-state index in [1.54, 1.807) is 0 Å². The maximum absolute atomic E-state index is 5.54. The lowest BCUT2D eigenvalue weighted by Gasteiger charge is -2.52. The molecule has 3 rings (SSSR count). The third-order valence-corrected chi connectivity index (χ3v) is 4.57. The number of hydrogen-bond acceptors (Lipinski definition) is 4. The molecule has 0 amide bonds. The summed E-state index contributed by atoms with van der Waals surface area (Å²) in [6.07, 6.45) is 0. The second-order valence-corrected chi connectivity index (χ2v) is 5.87. The molecule has 0 atom stereocenters. The first-order chi connectivity index (χ1) is 8.98. The molecular formula is C15H20N2O2. The summed E-state index contributed by atoms with van der Waals surface area (Å²) in [6.45, 7) is 7.79. The zero-order valence-corrected chi connectivity index (χ0v) is 11.9. The van der Waals surface area contributed by atoms with Gasteiger partial charge in [0.15, 0.2) is 11.5 Å². The smallest absolute Gasteiger partial charge is 0.192 e. The van der Waals surface area contributed by atoms with Crippen LogP contribution in [-0.4, -0.2) is 30.8 Å². The lowest BCUT2D eigenvalue weighted by Crippen LogP contribution is -2.65. The number of rotatable bonds is 3.